The SMILES string of the molecule is CCNC(=O)/C=C/c1ccc(Cl)c(Cl)c1. The fraction of sp³-hybridized carbons (Fsp3) is 0.182. The van der Waals surface area contributed by atoms with Crippen molar-refractivity contribution in [2.45, 2.75) is 6.92 Å². The van der Waals surface area contributed by atoms with Crippen LogP contribution in [0.2, 0.25) is 10.0 Å². The van der Waals surface area contributed by atoms with E-state index < -0.39 is 0 Å². The molecule has 0 radical (unpaired) electrons. The van der Waals surface area contributed by atoms with Crippen molar-refractivity contribution in [1.82, 2.24) is 5.32 Å². The third-order valence-electron chi connectivity index (χ3n) is 1.72. The molecule has 1 aromatic carbocycles. The number of halogens is 2. The van der Waals surface area contributed by atoms with Gasteiger partial charge in [-0.25, -0.2) is 0 Å². The predicted molar refractivity (Wildman–Crippen MR) is 64.2 cm³/mol. The molecule has 2 nitrogen and oxygen atoms in total. The van der Waals surface area contributed by atoms with Gasteiger partial charge >= 0.3 is 0 Å². The number of amides is 1. The lowest BCUT2D eigenvalue weighted by Gasteiger charge is -1.98. The van der Waals surface area contributed by atoms with Crippen molar-refractivity contribution in [3.05, 3.63) is 39.9 Å². The summed E-state index contributed by atoms with van der Waals surface area (Å²) >= 11 is 11.6. The minimum atomic E-state index is -0.122. The van der Waals surface area contributed by atoms with E-state index in [0.717, 1.165) is 5.56 Å². The van der Waals surface area contributed by atoms with E-state index in [9.17, 15) is 4.79 Å². The van der Waals surface area contributed by atoms with Crippen LogP contribution in [-0.4, -0.2) is 12.5 Å². The highest BCUT2D eigenvalue weighted by atomic mass is 35.5. The van der Waals surface area contributed by atoms with Gasteiger partial charge in [0, 0.05) is 12.6 Å². The monoisotopic (exact) mass is 243 g/mol. The zero-order valence-corrected chi connectivity index (χ0v) is 9.77. The molecule has 0 aliphatic heterocycles. The number of rotatable bonds is 3. The molecule has 1 aromatic rings. The molecule has 15 heavy (non-hydrogen) atoms. The maximum atomic E-state index is 11.1. The van der Waals surface area contributed by atoms with Crippen LogP contribution in [0.3, 0.4) is 0 Å². The molecular formula is C11H11Cl2NO. The van der Waals surface area contributed by atoms with Crippen LogP contribution in [0.15, 0.2) is 24.3 Å². The number of carbonyl (C=O) groups excluding carboxylic acids is 1. The Labute approximate surface area is 98.9 Å². The molecule has 0 aliphatic carbocycles. The van der Waals surface area contributed by atoms with E-state index >= 15 is 0 Å². The summed E-state index contributed by atoms with van der Waals surface area (Å²) in [4.78, 5) is 11.1. The molecule has 0 aromatic heterocycles. The minimum Gasteiger partial charge on any atom is -0.353 e. The largest absolute Gasteiger partial charge is 0.353 e. The highest BCUT2D eigenvalue weighted by Crippen LogP contribution is 2.22. The molecular weight excluding hydrogens is 233 g/mol. The van der Waals surface area contributed by atoms with Gasteiger partial charge in [0.05, 0.1) is 10.0 Å². The van der Waals surface area contributed by atoms with E-state index in [-0.39, 0.29) is 5.91 Å². The van der Waals surface area contributed by atoms with E-state index in [1.807, 2.05) is 6.92 Å². The fourth-order valence-corrected chi connectivity index (χ4v) is 1.33. The van der Waals surface area contributed by atoms with Gasteiger partial charge in [0.2, 0.25) is 5.91 Å². The Morgan fingerprint density at radius 3 is 2.73 bits per heavy atom. The van der Waals surface area contributed by atoms with Crippen molar-refractivity contribution in [2.24, 2.45) is 0 Å². The van der Waals surface area contributed by atoms with Gasteiger partial charge in [-0.15, -0.1) is 0 Å². The van der Waals surface area contributed by atoms with E-state index in [1.54, 1.807) is 24.3 Å². The van der Waals surface area contributed by atoms with E-state index in [1.165, 1.54) is 6.08 Å². The summed E-state index contributed by atoms with van der Waals surface area (Å²) in [6.07, 6.45) is 3.15. The van der Waals surface area contributed by atoms with Crippen molar-refractivity contribution >= 4 is 35.2 Å². The Morgan fingerprint density at radius 2 is 2.13 bits per heavy atom. The van der Waals surface area contributed by atoms with Gasteiger partial charge in [-0.1, -0.05) is 29.3 Å². The first-order valence-corrected chi connectivity index (χ1v) is 5.30. The first-order valence-electron chi connectivity index (χ1n) is 4.54. The molecule has 0 bridgehead atoms. The van der Waals surface area contributed by atoms with Crippen LogP contribution < -0.4 is 5.32 Å². The normalized spacial score (nSPS) is 10.6. The lowest BCUT2D eigenvalue weighted by molar-refractivity contribution is -0.116. The summed E-state index contributed by atoms with van der Waals surface area (Å²) in [7, 11) is 0. The van der Waals surface area contributed by atoms with Crippen LogP contribution in [0.25, 0.3) is 6.08 Å². The van der Waals surface area contributed by atoms with Gasteiger partial charge in [-0.2, -0.15) is 0 Å². The van der Waals surface area contributed by atoms with Crippen LogP contribution >= 0.6 is 23.2 Å². The Morgan fingerprint density at radius 1 is 1.40 bits per heavy atom. The number of nitrogens with one attached hydrogen (secondary N) is 1. The molecule has 1 rings (SSSR count). The smallest absolute Gasteiger partial charge is 0.243 e. The molecule has 1 N–H and O–H groups in total. The highest BCUT2D eigenvalue weighted by molar-refractivity contribution is 6.42. The van der Waals surface area contributed by atoms with E-state index in [4.69, 9.17) is 23.2 Å². The van der Waals surface area contributed by atoms with Crippen molar-refractivity contribution in [3.8, 4) is 0 Å². The van der Waals surface area contributed by atoms with Crippen molar-refractivity contribution in [3.63, 3.8) is 0 Å². The zero-order chi connectivity index (χ0) is 11.3. The lowest BCUT2D eigenvalue weighted by Crippen LogP contribution is -2.19. The van der Waals surface area contributed by atoms with Crippen LogP contribution in [0.1, 0.15) is 12.5 Å². The fourth-order valence-electron chi connectivity index (χ4n) is 1.02. The molecule has 0 spiro atoms. The second-order valence-corrected chi connectivity index (χ2v) is 3.72. The Kier molecular flexibility index (Phi) is 4.66. The molecule has 4 heteroatoms. The maximum absolute atomic E-state index is 11.1. The zero-order valence-electron chi connectivity index (χ0n) is 8.26. The third-order valence-corrected chi connectivity index (χ3v) is 2.46. The third kappa shape index (κ3) is 3.94. The summed E-state index contributed by atoms with van der Waals surface area (Å²) in [6.45, 7) is 2.48. The lowest BCUT2D eigenvalue weighted by atomic mass is 10.2. The van der Waals surface area contributed by atoms with Gasteiger partial charge in [0.1, 0.15) is 0 Å². The number of hydrogen-bond acceptors (Lipinski definition) is 1. The van der Waals surface area contributed by atoms with Crippen molar-refractivity contribution in [2.75, 3.05) is 6.54 Å². The molecule has 0 heterocycles. The Bertz CT molecular complexity index is 388. The van der Waals surface area contributed by atoms with Gasteiger partial charge in [0.15, 0.2) is 0 Å². The molecule has 0 saturated carbocycles. The Hall–Kier alpha value is -0.990. The second-order valence-electron chi connectivity index (χ2n) is 2.90. The van der Waals surface area contributed by atoms with Crippen LogP contribution in [0.5, 0.6) is 0 Å². The molecule has 0 atom stereocenters. The minimum absolute atomic E-state index is 0.122. The summed E-state index contributed by atoms with van der Waals surface area (Å²) < 4.78 is 0. The number of benzene rings is 1. The molecule has 80 valence electrons. The van der Waals surface area contributed by atoms with Gasteiger partial charge in [-0.3, -0.25) is 4.79 Å². The summed E-state index contributed by atoms with van der Waals surface area (Å²) in [5.74, 6) is -0.122. The first kappa shape index (κ1) is 12.1. The topological polar surface area (TPSA) is 29.1 Å². The number of likely N-dealkylation sites (N-methyl/N-ethyl adjacent to an activating group) is 1. The average Bonchev–Trinajstić information content (AvgIpc) is 2.20. The van der Waals surface area contributed by atoms with Crippen LogP contribution in [0.4, 0.5) is 0 Å². The van der Waals surface area contributed by atoms with Gasteiger partial charge in [0.25, 0.3) is 0 Å². The maximum Gasteiger partial charge on any atom is 0.243 e. The average molecular weight is 244 g/mol. The molecule has 0 aliphatic rings. The molecule has 1 amide bonds. The standard InChI is InChI=1S/C11H11Cl2NO/c1-2-14-11(15)6-4-8-3-5-9(12)10(13)7-8/h3-7H,2H2,1H3,(H,14,15)/b6-4+. The molecule has 0 unspecified atom stereocenters. The van der Waals surface area contributed by atoms with Gasteiger partial charge in [-0.05, 0) is 30.7 Å². The quantitative estimate of drug-likeness (QED) is 0.813. The predicted octanol–water partition coefficient (Wildman–Crippen LogP) is 3.14. The van der Waals surface area contributed by atoms with Gasteiger partial charge < -0.3 is 5.32 Å². The summed E-state index contributed by atoms with van der Waals surface area (Å²) in [5.41, 5.74) is 0.843. The van der Waals surface area contributed by atoms with E-state index in [2.05, 4.69) is 5.32 Å². The summed E-state index contributed by atoms with van der Waals surface area (Å²) in [6, 6.07) is 5.20. The second kappa shape index (κ2) is 5.79. The van der Waals surface area contributed by atoms with Crippen molar-refractivity contribution in [1.29, 1.82) is 0 Å². The van der Waals surface area contributed by atoms with Crippen LogP contribution in [0, 0.1) is 0 Å². The summed E-state index contributed by atoms with van der Waals surface area (Å²) in [5, 5.41) is 3.64. The van der Waals surface area contributed by atoms with Crippen LogP contribution in [-0.2, 0) is 4.79 Å². The first-order chi connectivity index (χ1) is 7.13. The Balaban J connectivity index is 2.72. The number of carbonyl (C=O) groups is 1. The van der Waals surface area contributed by atoms with Crippen molar-refractivity contribution < 1.29 is 4.79 Å². The molecule has 0 saturated heterocycles. The molecule has 0 fully saturated rings. The van der Waals surface area contributed by atoms with E-state index in [0.29, 0.717) is 16.6 Å². The highest BCUT2D eigenvalue weighted by Gasteiger charge is 1.97. The number of hydrogen-bond donors (Lipinski definition) is 1.